The Morgan fingerprint density at radius 1 is 1.41 bits per heavy atom. The van der Waals surface area contributed by atoms with Gasteiger partial charge in [0.15, 0.2) is 6.54 Å². The first-order valence-electron chi connectivity index (χ1n) is 6.72. The van der Waals surface area contributed by atoms with Crippen molar-refractivity contribution in [3.63, 3.8) is 0 Å². The summed E-state index contributed by atoms with van der Waals surface area (Å²) in [7, 11) is 1.73. The van der Waals surface area contributed by atoms with E-state index in [1.165, 1.54) is 4.90 Å². The van der Waals surface area contributed by atoms with Crippen molar-refractivity contribution in [3.05, 3.63) is 45.2 Å². The fourth-order valence-corrected chi connectivity index (χ4v) is 3.10. The molecule has 22 heavy (non-hydrogen) atoms. The number of rotatable bonds is 1. The smallest absolute Gasteiger partial charge is 0.288 e. The van der Waals surface area contributed by atoms with Crippen molar-refractivity contribution in [2.24, 2.45) is 7.05 Å². The quantitative estimate of drug-likeness (QED) is 0.805. The summed E-state index contributed by atoms with van der Waals surface area (Å²) in [5.41, 5.74) is 1.20. The Hall–Kier alpha value is -1.60. The summed E-state index contributed by atoms with van der Waals surface area (Å²) in [4.78, 5) is 14.0. The number of hydrogen-bond acceptors (Lipinski definition) is 3. The number of carbonyl (C=O) groups excluding carboxylic acids is 1. The van der Waals surface area contributed by atoms with Crippen LogP contribution in [0.3, 0.4) is 0 Å². The van der Waals surface area contributed by atoms with Crippen LogP contribution in [0.5, 0.6) is 0 Å². The normalized spacial score (nSPS) is 21.7. The van der Waals surface area contributed by atoms with E-state index in [0.717, 1.165) is 0 Å². The van der Waals surface area contributed by atoms with Gasteiger partial charge in [0.25, 0.3) is 5.91 Å². The molecule has 2 heterocycles. The number of hydrogen-bond donors (Lipinski definition) is 1. The van der Waals surface area contributed by atoms with E-state index < -0.39 is 0 Å². The molecule has 1 aliphatic heterocycles. The number of aryl methyl sites for hydroxylation is 1. The zero-order valence-corrected chi connectivity index (χ0v) is 13.5. The van der Waals surface area contributed by atoms with Gasteiger partial charge < -0.3 is 10.3 Å². The predicted molar refractivity (Wildman–Crippen MR) is 84.4 cm³/mol. The first kappa shape index (κ1) is 15.3. The van der Waals surface area contributed by atoms with E-state index in [9.17, 15) is 10.0 Å². The summed E-state index contributed by atoms with van der Waals surface area (Å²) < 4.78 is 1.58. The Labute approximate surface area is 137 Å². The minimum absolute atomic E-state index is 0.133. The van der Waals surface area contributed by atoms with Gasteiger partial charge in [0.05, 0.1) is 22.5 Å². The second-order valence-corrected chi connectivity index (χ2v) is 6.08. The maximum Gasteiger partial charge on any atom is 0.288 e. The number of anilines is 2. The molecule has 1 aromatic heterocycles. The molecule has 2 aromatic rings. The van der Waals surface area contributed by atoms with Crippen LogP contribution in [0.25, 0.3) is 0 Å². The lowest BCUT2D eigenvalue weighted by molar-refractivity contribution is -0.871. The average Bonchev–Trinajstić information content (AvgIpc) is 2.78. The maximum atomic E-state index is 12.6. The Kier molecular flexibility index (Phi) is 3.86. The minimum atomic E-state index is -0.385. The highest BCUT2D eigenvalue weighted by Gasteiger charge is 2.35. The largest absolute Gasteiger partial charge is 0.633 e. The third-order valence-electron chi connectivity index (χ3n) is 3.82. The van der Waals surface area contributed by atoms with Crippen LogP contribution in [0.1, 0.15) is 18.5 Å². The standard InChI is InChI=1S/C14H14Cl2N4O2/c1-8-10-6-17-18(2)14(10)20(13(21)7-19(8)22)12-4-3-9(15)5-11(12)16/h3-6,8,19H,7H2,1-2H3. The van der Waals surface area contributed by atoms with Gasteiger partial charge in [-0.2, -0.15) is 5.10 Å². The third kappa shape index (κ3) is 2.38. The zero-order chi connectivity index (χ0) is 16.0. The first-order valence-corrected chi connectivity index (χ1v) is 7.48. The van der Waals surface area contributed by atoms with Crippen LogP contribution < -0.4 is 9.96 Å². The van der Waals surface area contributed by atoms with Gasteiger partial charge >= 0.3 is 0 Å². The Balaban J connectivity index is 2.22. The van der Waals surface area contributed by atoms with Gasteiger partial charge in [-0.05, 0) is 25.1 Å². The predicted octanol–water partition coefficient (Wildman–Crippen LogP) is 1.85. The summed E-state index contributed by atoms with van der Waals surface area (Å²) in [5.74, 6) is 0.232. The molecule has 8 heteroatoms. The van der Waals surface area contributed by atoms with Crippen molar-refractivity contribution in [2.45, 2.75) is 13.0 Å². The monoisotopic (exact) mass is 340 g/mol. The van der Waals surface area contributed by atoms with Crippen molar-refractivity contribution in [3.8, 4) is 0 Å². The molecule has 1 aromatic carbocycles. The average molecular weight is 341 g/mol. The van der Waals surface area contributed by atoms with Crippen molar-refractivity contribution in [2.75, 3.05) is 11.4 Å². The van der Waals surface area contributed by atoms with Gasteiger partial charge in [0.1, 0.15) is 11.9 Å². The van der Waals surface area contributed by atoms with Crippen LogP contribution in [0, 0.1) is 5.21 Å². The number of halogens is 2. The molecule has 6 nitrogen and oxygen atoms in total. The van der Waals surface area contributed by atoms with Crippen molar-refractivity contribution in [1.29, 1.82) is 0 Å². The molecule has 3 rings (SSSR count). The lowest BCUT2D eigenvalue weighted by Gasteiger charge is -2.25. The molecule has 2 atom stereocenters. The Morgan fingerprint density at radius 2 is 2.14 bits per heavy atom. The highest BCUT2D eigenvalue weighted by atomic mass is 35.5. The molecule has 0 aliphatic carbocycles. The molecular formula is C14H14Cl2N4O2. The van der Waals surface area contributed by atoms with Gasteiger partial charge in [0.2, 0.25) is 0 Å². The van der Waals surface area contributed by atoms with Gasteiger partial charge in [-0.15, -0.1) is 0 Å². The summed E-state index contributed by atoms with van der Waals surface area (Å²) in [6.07, 6.45) is 1.62. The van der Waals surface area contributed by atoms with Crippen LogP contribution in [-0.4, -0.2) is 22.2 Å². The van der Waals surface area contributed by atoms with Crippen molar-refractivity contribution >= 4 is 40.6 Å². The lowest BCUT2D eigenvalue weighted by atomic mass is 10.1. The number of nitrogens with one attached hydrogen (secondary N) is 1. The molecule has 0 saturated heterocycles. The fourth-order valence-electron chi connectivity index (χ4n) is 2.61. The summed E-state index contributed by atoms with van der Waals surface area (Å²) >= 11 is 12.2. The number of benzene rings is 1. The number of aromatic nitrogens is 2. The van der Waals surface area contributed by atoms with Crippen LogP contribution in [0.4, 0.5) is 11.5 Å². The van der Waals surface area contributed by atoms with Crippen LogP contribution in [0.15, 0.2) is 24.4 Å². The molecule has 1 N–H and O–H groups in total. The van der Waals surface area contributed by atoms with E-state index in [4.69, 9.17) is 23.2 Å². The topological polar surface area (TPSA) is 65.6 Å². The maximum absolute atomic E-state index is 12.6. The highest BCUT2D eigenvalue weighted by molar-refractivity contribution is 6.37. The molecular weight excluding hydrogens is 327 g/mol. The van der Waals surface area contributed by atoms with E-state index in [0.29, 0.717) is 27.1 Å². The van der Waals surface area contributed by atoms with E-state index >= 15 is 0 Å². The molecule has 1 aliphatic rings. The summed E-state index contributed by atoms with van der Waals surface area (Å²) in [5, 5.41) is 17.0. The second kappa shape index (κ2) is 5.55. The third-order valence-corrected chi connectivity index (χ3v) is 4.36. The lowest BCUT2D eigenvalue weighted by Crippen LogP contribution is -3.08. The van der Waals surface area contributed by atoms with Gasteiger partial charge in [-0.1, -0.05) is 23.2 Å². The number of hydroxylamine groups is 2. The van der Waals surface area contributed by atoms with Gasteiger partial charge in [0, 0.05) is 12.1 Å². The summed E-state index contributed by atoms with van der Waals surface area (Å²) in [6.45, 7) is 1.61. The fraction of sp³-hybridized carbons (Fsp3) is 0.286. The molecule has 2 unspecified atom stereocenters. The number of fused-ring (bicyclic) bond motifs is 1. The van der Waals surface area contributed by atoms with E-state index in [2.05, 4.69) is 5.10 Å². The molecule has 0 bridgehead atoms. The molecule has 1 amide bonds. The SMILES string of the molecule is CC1c2cnn(C)c2N(c2ccc(Cl)cc2Cl)C(=O)C[NH+]1[O-]. The Bertz CT molecular complexity index is 746. The molecule has 0 spiro atoms. The van der Waals surface area contributed by atoms with Crippen LogP contribution >= 0.6 is 23.2 Å². The highest BCUT2D eigenvalue weighted by Crippen LogP contribution is 2.37. The first-order chi connectivity index (χ1) is 10.4. The van der Waals surface area contributed by atoms with Gasteiger partial charge in [-0.25, -0.2) is 0 Å². The molecule has 0 fully saturated rings. The molecule has 0 radical (unpaired) electrons. The number of quaternary nitrogens is 1. The zero-order valence-electron chi connectivity index (χ0n) is 12.0. The van der Waals surface area contributed by atoms with Crippen molar-refractivity contribution in [1.82, 2.24) is 9.78 Å². The minimum Gasteiger partial charge on any atom is -0.633 e. The number of nitrogens with zero attached hydrogens (tertiary/aromatic N) is 3. The summed E-state index contributed by atoms with van der Waals surface area (Å²) in [6, 6.07) is 4.50. The molecule has 0 saturated carbocycles. The second-order valence-electron chi connectivity index (χ2n) is 5.24. The Morgan fingerprint density at radius 3 is 2.82 bits per heavy atom. The number of carbonyl (C=O) groups is 1. The van der Waals surface area contributed by atoms with E-state index in [-0.39, 0.29) is 23.6 Å². The van der Waals surface area contributed by atoms with Gasteiger partial charge in [-0.3, -0.25) is 14.4 Å². The van der Waals surface area contributed by atoms with Crippen LogP contribution in [-0.2, 0) is 11.8 Å². The van der Waals surface area contributed by atoms with E-state index in [1.54, 1.807) is 43.0 Å². The number of amides is 1. The molecule has 116 valence electrons. The van der Waals surface area contributed by atoms with Crippen molar-refractivity contribution < 1.29 is 9.86 Å². The van der Waals surface area contributed by atoms with E-state index in [1.807, 2.05) is 0 Å². The van der Waals surface area contributed by atoms with Crippen LogP contribution in [0.2, 0.25) is 10.0 Å².